The number of imidazole rings is 2. The molecule has 2 amide bonds. The zero-order valence-electron chi connectivity index (χ0n) is 58.5. The minimum Gasteiger partial charge on any atom is -0.503 e. The number of rotatable bonds is 41. The number of carboxylic acids is 1. The number of unbranched alkanes of at least 4 members (excludes halogenated alkanes) is 6. The van der Waals surface area contributed by atoms with Gasteiger partial charge in [0.1, 0.15) is 56.9 Å². The van der Waals surface area contributed by atoms with Gasteiger partial charge in [0.2, 0.25) is 40.8 Å². The lowest BCUT2D eigenvalue weighted by Gasteiger charge is -2.15. The van der Waals surface area contributed by atoms with Crippen molar-refractivity contribution in [3.8, 4) is 11.5 Å². The maximum absolute atomic E-state index is 13.7. The Kier molecular flexibility index (Phi) is 33.5. The van der Waals surface area contributed by atoms with Gasteiger partial charge in [0.25, 0.3) is 20.2 Å². The highest BCUT2D eigenvalue weighted by Crippen LogP contribution is 2.31. The molecule has 0 saturated carbocycles. The number of carbonyl (C=O) groups excluding carboxylic acids is 5. The van der Waals surface area contributed by atoms with Crippen molar-refractivity contribution in [2.45, 2.75) is 142 Å². The van der Waals surface area contributed by atoms with Crippen molar-refractivity contribution in [1.82, 2.24) is 40.5 Å². The number of hydrogen-bond donors (Lipinski definition) is 10. The molecule has 8 aromatic rings. The number of esters is 1. The third kappa shape index (κ3) is 27.6. The summed E-state index contributed by atoms with van der Waals surface area (Å²) in [5.41, 5.74) is 19.2. The zero-order valence-corrected chi connectivity index (χ0v) is 60.1. The number of ketones is 2. The van der Waals surface area contributed by atoms with Crippen LogP contribution in [0.3, 0.4) is 0 Å². The Labute approximate surface area is 609 Å². The third-order valence-corrected chi connectivity index (χ3v) is 18.0. The minimum absolute atomic E-state index is 0.0182. The van der Waals surface area contributed by atoms with Gasteiger partial charge in [-0.3, -0.25) is 37.9 Å². The summed E-state index contributed by atoms with van der Waals surface area (Å²) < 4.78 is 181. The van der Waals surface area contributed by atoms with Crippen molar-refractivity contribution in [2.75, 3.05) is 62.5 Å². The van der Waals surface area contributed by atoms with Gasteiger partial charge in [-0.25, -0.2) is 37.5 Å². The lowest BCUT2D eigenvalue weighted by atomic mass is 10.0. The summed E-state index contributed by atoms with van der Waals surface area (Å²) in [4.78, 5) is 97.6. The van der Waals surface area contributed by atoms with Crippen molar-refractivity contribution in [1.29, 1.82) is 0 Å². The van der Waals surface area contributed by atoms with Crippen LogP contribution in [-0.4, -0.2) is 152 Å². The molecule has 2 atom stereocenters. The summed E-state index contributed by atoms with van der Waals surface area (Å²) in [7, 11) is -9.09. The topological polar surface area (TPSA) is 439 Å². The van der Waals surface area contributed by atoms with Crippen LogP contribution in [0.25, 0.3) is 43.9 Å². The molecule has 0 radical (unpaired) electrons. The Balaban J connectivity index is 0.000000297. The Morgan fingerprint density at radius 1 is 0.514 bits per heavy atom. The highest BCUT2D eigenvalue weighted by atomic mass is 32.2. The summed E-state index contributed by atoms with van der Waals surface area (Å²) in [6.45, 7) is 3.97. The number of halogens is 8. The first-order valence-corrected chi connectivity index (χ1v) is 37.4. The highest BCUT2D eigenvalue weighted by molar-refractivity contribution is 7.86. The monoisotopic (exact) mass is 1550 g/mol. The number of aryl methyl sites for hydroxylation is 4. The van der Waals surface area contributed by atoms with Crippen molar-refractivity contribution < 1.29 is 114 Å². The van der Waals surface area contributed by atoms with Gasteiger partial charge in [-0.2, -0.15) is 34.4 Å². The number of pyridine rings is 2. The third-order valence-electron chi connectivity index (χ3n) is 16.4. The lowest BCUT2D eigenvalue weighted by Crippen LogP contribution is -2.36. The quantitative estimate of drug-likeness (QED) is 0.00425. The number of anilines is 2. The molecular formula is C70H84F8N10O17S2. The number of nitrogens with two attached hydrogens (primary N) is 2. The number of nitrogen functional groups attached to an aromatic ring is 2. The standard InChI is InChI=1S/C35H41F4N5O8S.C29H41N5O8S.C6H2F4O/c1-2-3-8-27-43-31-23-10-9-20(16-26(23)42-34(40)32(31)44-27)7-5-4-6-13-41-35(47)21(19-53(48,49)50)17-22(45)11-14-51-15-12-28(46)52-33-29(38)24(36)18-25(37)30(33)39;1-2-3-8-24-33-26-22-10-9-19(16-23(22)32-28(30)27(26)34-24)7-5-4-6-13-31-29(38)20(18-43(39,40)41)17-21(35)11-14-42-15-12-25(36)37;7-2-1-3(8)5(10)6(11)4(2)9/h9-10,16,18,21H,2-8,11-15,17,19H2,1H3,(H2,40,42)(H,41,47)(H,43,44)(H,48,49,50);9-10,16,20H,2-8,11-15,17-18H2,1H3,(H2,30,32)(H,31,38)(H,33,34)(H,36,37)(H,39,40,41);1,11H/t21-;20-;/m00./s1. The minimum atomic E-state index is -4.61. The van der Waals surface area contributed by atoms with E-state index in [-0.39, 0.29) is 64.2 Å². The number of nitrogens with one attached hydrogen (secondary N) is 4. The number of carboxylic acid groups (broad SMARTS) is 1. The maximum Gasteiger partial charge on any atom is 0.313 e. The van der Waals surface area contributed by atoms with Crippen LogP contribution in [0.4, 0.5) is 46.8 Å². The summed E-state index contributed by atoms with van der Waals surface area (Å²) in [5.74, 6) is -23.8. The van der Waals surface area contributed by atoms with Gasteiger partial charge in [0.15, 0.2) is 29.0 Å². The molecule has 0 aliphatic carbocycles. The largest absolute Gasteiger partial charge is 0.503 e. The number of ether oxygens (including phenoxy) is 3. The first-order chi connectivity index (χ1) is 50.7. The molecule has 4 heterocycles. The molecule has 0 fully saturated rings. The highest BCUT2D eigenvalue weighted by Gasteiger charge is 2.29. The van der Waals surface area contributed by atoms with E-state index < -0.39 is 156 Å². The molecule has 0 spiro atoms. The first-order valence-electron chi connectivity index (χ1n) is 34.2. The van der Waals surface area contributed by atoms with Crippen molar-refractivity contribution in [3.63, 3.8) is 0 Å². The van der Waals surface area contributed by atoms with Gasteiger partial charge >= 0.3 is 11.9 Å². The van der Waals surface area contributed by atoms with Crippen molar-refractivity contribution in [2.24, 2.45) is 11.8 Å². The Bertz CT molecular complexity index is 4640. The summed E-state index contributed by atoms with van der Waals surface area (Å²) in [6.07, 6.45) is 9.65. The van der Waals surface area contributed by atoms with Crippen LogP contribution < -0.4 is 26.8 Å². The van der Waals surface area contributed by atoms with Gasteiger partial charge in [-0.15, -0.1) is 0 Å². The number of amides is 2. The fourth-order valence-corrected chi connectivity index (χ4v) is 12.5. The van der Waals surface area contributed by atoms with E-state index in [1.807, 2.05) is 30.3 Å². The normalized spacial score (nSPS) is 12.2. The molecule has 0 aliphatic rings. The fourth-order valence-electron chi connectivity index (χ4n) is 10.9. The SMILES string of the molecule is CCCCc1nc2c([nH]1)c(N)nc1cc(CCCCCNC(=O)[C@@H](CC(=O)CCOCCC(=O)O)CS(=O)(=O)O)ccc12.CCCCc1nc2c([nH]1)c(N)nc1cc(CCCCCNC(=O)[C@@H](CC(=O)CCOCCC(=O)Oc3c(F)c(F)cc(F)c3F)CS(=O)(=O)O)ccc12.Oc1c(F)c(F)cc(F)c1F. The predicted octanol–water partition coefficient (Wildman–Crippen LogP) is 10.4. The molecule has 0 saturated heterocycles. The molecule has 4 aromatic heterocycles. The van der Waals surface area contributed by atoms with Crippen molar-refractivity contribution >= 4 is 111 Å². The molecule has 27 nitrogen and oxygen atoms in total. The van der Waals surface area contributed by atoms with Gasteiger partial charge in [-0.1, -0.05) is 63.8 Å². The molecule has 0 bridgehead atoms. The second-order valence-corrected chi connectivity index (χ2v) is 28.0. The molecule has 37 heteroatoms. The second-order valence-electron chi connectivity index (χ2n) is 25.0. The molecule has 0 unspecified atom stereocenters. The molecule has 107 heavy (non-hydrogen) atoms. The van der Waals surface area contributed by atoms with Crippen LogP contribution in [0.5, 0.6) is 11.5 Å². The van der Waals surface area contributed by atoms with E-state index in [9.17, 15) is 89.8 Å². The number of H-pyrrole nitrogens is 2. The predicted molar refractivity (Wildman–Crippen MR) is 377 cm³/mol. The van der Waals surface area contributed by atoms with E-state index in [0.717, 1.165) is 144 Å². The summed E-state index contributed by atoms with van der Waals surface area (Å²) in [5, 5.41) is 24.1. The number of carbonyl (C=O) groups is 6. The number of aromatic hydroxyl groups is 1. The Morgan fingerprint density at radius 3 is 1.30 bits per heavy atom. The van der Waals surface area contributed by atoms with E-state index in [1.165, 1.54) is 0 Å². The van der Waals surface area contributed by atoms with Crippen LogP contribution in [0.15, 0.2) is 48.5 Å². The molecule has 8 rings (SSSR count). The maximum atomic E-state index is 13.7. The Morgan fingerprint density at radius 2 is 0.907 bits per heavy atom. The number of nitrogens with zero attached hydrogens (tertiary/aromatic N) is 4. The van der Waals surface area contributed by atoms with Crippen LogP contribution in [-0.2, 0) is 84.2 Å². The summed E-state index contributed by atoms with van der Waals surface area (Å²) in [6, 6.07) is 12.0. The van der Waals surface area contributed by atoms with E-state index in [2.05, 4.69) is 55.2 Å². The van der Waals surface area contributed by atoms with E-state index in [1.54, 1.807) is 0 Å². The van der Waals surface area contributed by atoms with Crippen LogP contribution in [0.1, 0.15) is 139 Å². The van der Waals surface area contributed by atoms with Gasteiger partial charge in [0, 0.05) is 74.5 Å². The number of benzene rings is 4. The Hall–Kier alpha value is -9.56. The number of aromatic nitrogens is 6. The van der Waals surface area contributed by atoms with Gasteiger partial charge in [-0.05, 0) is 74.6 Å². The number of Topliss-reactive ketones (excluding diaryl/α,β-unsaturated/α-hetero) is 2. The molecular weight excluding hydrogens is 1470 g/mol. The first kappa shape index (κ1) is 86.4. The van der Waals surface area contributed by atoms with Crippen LogP contribution in [0.2, 0.25) is 0 Å². The average Bonchev–Trinajstić information content (AvgIpc) is 1.67. The molecule has 4 aromatic carbocycles. The van der Waals surface area contributed by atoms with Crippen molar-refractivity contribution in [3.05, 3.63) is 118 Å². The number of hydrogen-bond acceptors (Lipinski definition) is 20. The van der Waals surface area contributed by atoms with Crippen LogP contribution >= 0.6 is 0 Å². The molecule has 0 aliphatic heterocycles. The zero-order chi connectivity index (χ0) is 78.7. The van der Waals surface area contributed by atoms with Gasteiger partial charge in [0.05, 0.1) is 73.6 Å². The average molecular weight is 1550 g/mol. The lowest BCUT2D eigenvalue weighted by molar-refractivity contribution is -0.138. The summed E-state index contributed by atoms with van der Waals surface area (Å²) >= 11 is 0. The number of aromatic amines is 2. The van der Waals surface area contributed by atoms with Crippen LogP contribution in [0, 0.1) is 58.4 Å². The fraction of sp³-hybridized carbons (Fsp3) is 0.457. The molecule has 12 N–H and O–H groups in total. The van der Waals surface area contributed by atoms with E-state index in [4.69, 9.17) is 41.1 Å². The number of phenolic OH excluding ortho intramolecular Hbond substituents is 1. The number of fused-ring (bicyclic) bond motifs is 6. The number of phenols is 1. The smallest absolute Gasteiger partial charge is 0.313 e. The second kappa shape index (κ2) is 41.5. The molecule has 584 valence electrons. The van der Waals surface area contributed by atoms with Gasteiger partial charge < -0.3 is 56.5 Å². The van der Waals surface area contributed by atoms with E-state index >= 15 is 0 Å². The van der Waals surface area contributed by atoms with E-state index in [0.29, 0.717) is 31.0 Å². The number of aliphatic carboxylic acids is 1.